The Morgan fingerprint density at radius 3 is 2.75 bits per heavy atom. The molecule has 0 radical (unpaired) electrons. The first-order valence-electron chi connectivity index (χ1n) is 7.28. The number of hydrogen-bond acceptors (Lipinski definition) is 3. The SMILES string of the molecule is CCn1c(=O)oc2cc(C(NC)C3CC3(C)C)ccc21. The van der Waals surface area contributed by atoms with Gasteiger partial charge in [0.15, 0.2) is 5.58 Å². The molecule has 20 heavy (non-hydrogen) atoms. The van der Waals surface area contributed by atoms with Crippen LogP contribution >= 0.6 is 0 Å². The summed E-state index contributed by atoms with van der Waals surface area (Å²) in [7, 11) is 2.00. The molecule has 4 heteroatoms. The second kappa shape index (κ2) is 4.48. The Kier molecular flexibility index (Phi) is 3.01. The number of hydrogen-bond donors (Lipinski definition) is 1. The van der Waals surface area contributed by atoms with E-state index in [-0.39, 0.29) is 5.76 Å². The Balaban J connectivity index is 2.02. The molecular weight excluding hydrogens is 252 g/mol. The van der Waals surface area contributed by atoms with E-state index in [1.165, 1.54) is 12.0 Å². The van der Waals surface area contributed by atoms with Crippen molar-refractivity contribution in [1.29, 1.82) is 0 Å². The summed E-state index contributed by atoms with van der Waals surface area (Å²) in [5.41, 5.74) is 3.17. The van der Waals surface area contributed by atoms with Crippen LogP contribution < -0.4 is 11.1 Å². The molecule has 1 aliphatic rings. The fraction of sp³-hybridized carbons (Fsp3) is 0.562. The minimum absolute atomic E-state index is 0.271. The Morgan fingerprint density at radius 2 is 2.20 bits per heavy atom. The molecule has 2 unspecified atom stereocenters. The highest BCUT2D eigenvalue weighted by atomic mass is 16.4. The molecule has 1 aromatic carbocycles. The molecular formula is C16H22N2O2. The van der Waals surface area contributed by atoms with Crippen LogP contribution in [0.4, 0.5) is 0 Å². The number of fused-ring (bicyclic) bond motifs is 1. The Bertz CT molecular complexity index is 696. The summed E-state index contributed by atoms with van der Waals surface area (Å²) in [6.45, 7) is 7.19. The predicted octanol–water partition coefficient (Wildman–Crippen LogP) is 2.92. The molecule has 0 aliphatic heterocycles. The molecule has 1 aliphatic carbocycles. The van der Waals surface area contributed by atoms with Gasteiger partial charge in [-0.2, -0.15) is 0 Å². The van der Waals surface area contributed by atoms with Gasteiger partial charge in [-0.25, -0.2) is 4.79 Å². The van der Waals surface area contributed by atoms with Crippen molar-refractivity contribution in [2.24, 2.45) is 11.3 Å². The number of oxazole rings is 1. The summed E-state index contributed by atoms with van der Waals surface area (Å²) >= 11 is 0. The van der Waals surface area contributed by atoms with Gasteiger partial charge in [0.05, 0.1) is 5.52 Å². The van der Waals surface area contributed by atoms with E-state index in [0.29, 0.717) is 29.5 Å². The van der Waals surface area contributed by atoms with Gasteiger partial charge in [-0.1, -0.05) is 19.9 Å². The minimum atomic E-state index is -0.271. The monoisotopic (exact) mass is 274 g/mol. The van der Waals surface area contributed by atoms with Crippen LogP contribution in [0.1, 0.15) is 38.8 Å². The predicted molar refractivity (Wildman–Crippen MR) is 79.8 cm³/mol. The van der Waals surface area contributed by atoms with Crippen molar-refractivity contribution in [3.05, 3.63) is 34.3 Å². The standard InChI is InChI=1S/C16H22N2O2/c1-5-18-12-7-6-10(8-13(12)20-15(18)19)14(17-4)11-9-16(11,2)3/h6-8,11,14,17H,5,9H2,1-4H3. The number of nitrogens with one attached hydrogen (secondary N) is 1. The lowest BCUT2D eigenvalue weighted by Gasteiger charge is -2.18. The van der Waals surface area contributed by atoms with Crippen molar-refractivity contribution in [3.8, 4) is 0 Å². The van der Waals surface area contributed by atoms with Crippen LogP contribution in [0.25, 0.3) is 11.1 Å². The van der Waals surface area contributed by atoms with Gasteiger partial charge in [-0.15, -0.1) is 0 Å². The molecule has 0 bridgehead atoms. The van der Waals surface area contributed by atoms with Gasteiger partial charge in [0.25, 0.3) is 0 Å². The maximum atomic E-state index is 11.8. The fourth-order valence-electron chi connectivity index (χ4n) is 3.25. The topological polar surface area (TPSA) is 47.2 Å². The third-order valence-corrected chi connectivity index (χ3v) is 4.67. The molecule has 1 aromatic heterocycles. The van der Waals surface area contributed by atoms with Crippen molar-refractivity contribution in [3.63, 3.8) is 0 Å². The highest BCUT2D eigenvalue weighted by Gasteiger charge is 2.50. The van der Waals surface area contributed by atoms with E-state index in [1.54, 1.807) is 4.57 Å². The highest BCUT2D eigenvalue weighted by molar-refractivity contribution is 5.74. The van der Waals surface area contributed by atoms with E-state index in [4.69, 9.17) is 4.42 Å². The van der Waals surface area contributed by atoms with Crippen LogP contribution in [0.2, 0.25) is 0 Å². The van der Waals surface area contributed by atoms with Gasteiger partial charge in [0.2, 0.25) is 0 Å². The van der Waals surface area contributed by atoms with Crippen molar-refractivity contribution in [1.82, 2.24) is 9.88 Å². The van der Waals surface area contributed by atoms with E-state index in [2.05, 4.69) is 25.2 Å². The minimum Gasteiger partial charge on any atom is -0.408 e. The van der Waals surface area contributed by atoms with Crippen molar-refractivity contribution in [2.45, 2.75) is 39.8 Å². The normalized spacial score (nSPS) is 22.1. The summed E-state index contributed by atoms with van der Waals surface area (Å²) in [5.74, 6) is 0.373. The Labute approximate surface area is 118 Å². The largest absolute Gasteiger partial charge is 0.419 e. The summed E-state index contributed by atoms with van der Waals surface area (Å²) in [5, 5.41) is 3.41. The molecule has 1 saturated carbocycles. The fourth-order valence-corrected chi connectivity index (χ4v) is 3.25. The molecule has 4 nitrogen and oxygen atoms in total. The van der Waals surface area contributed by atoms with E-state index >= 15 is 0 Å². The Hall–Kier alpha value is -1.55. The summed E-state index contributed by atoms with van der Waals surface area (Å²) in [6.07, 6.45) is 1.23. The lowest BCUT2D eigenvalue weighted by Crippen LogP contribution is -2.20. The molecule has 0 saturated heterocycles. The average molecular weight is 274 g/mol. The molecule has 2 atom stereocenters. The third-order valence-electron chi connectivity index (χ3n) is 4.67. The van der Waals surface area contributed by atoms with Gasteiger partial charge in [0.1, 0.15) is 0 Å². The molecule has 108 valence electrons. The van der Waals surface area contributed by atoms with Gasteiger partial charge in [-0.05, 0) is 49.4 Å². The van der Waals surface area contributed by atoms with Crippen molar-refractivity contribution >= 4 is 11.1 Å². The molecule has 2 aromatic rings. The second-order valence-electron chi connectivity index (χ2n) is 6.40. The zero-order valence-electron chi connectivity index (χ0n) is 12.6. The van der Waals surface area contributed by atoms with E-state index in [1.807, 2.05) is 26.1 Å². The molecule has 1 heterocycles. The van der Waals surface area contributed by atoms with Gasteiger partial charge in [0, 0.05) is 12.6 Å². The number of benzene rings is 1. The van der Waals surface area contributed by atoms with Crippen LogP contribution in [0.15, 0.2) is 27.4 Å². The van der Waals surface area contributed by atoms with E-state index < -0.39 is 0 Å². The summed E-state index contributed by atoms with van der Waals surface area (Å²) in [4.78, 5) is 11.8. The van der Waals surface area contributed by atoms with Crippen LogP contribution in [0.3, 0.4) is 0 Å². The van der Waals surface area contributed by atoms with Crippen LogP contribution in [0.5, 0.6) is 0 Å². The lowest BCUT2D eigenvalue weighted by atomic mass is 9.97. The molecule has 1 N–H and O–H groups in total. The maximum absolute atomic E-state index is 11.8. The van der Waals surface area contributed by atoms with Crippen LogP contribution in [-0.4, -0.2) is 11.6 Å². The first-order chi connectivity index (χ1) is 9.47. The van der Waals surface area contributed by atoms with Gasteiger partial charge >= 0.3 is 5.76 Å². The third kappa shape index (κ3) is 1.99. The Morgan fingerprint density at radius 1 is 1.50 bits per heavy atom. The lowest BCUT2D eigenvalue weighted by molar-refractivity contribution is 0.440. The van der Waals surface area contributed by atoms with E-state index in [9.17, 15) is 4.79 Å². The number of nitrogens with zero attached hydrogens (tertiary/aromatic N) is 1. The molecule has 0 amide bonds. The highest BCUT2D eigenvalue weighted by Crippen LogP contribution is 2.57. The first kappa shape index (κ1) is 13.4. The van der Waals surface area contributed by atoms with Gasteiger partial charge in [-0.3, -0.25) is 4.57 Å². The number of rotatable bonds is 4. The molecule has 1 fully saturated rings. The summed E-state index contributed by atoms with van der Waals surface area (Å²) < 4.78 is 7.02. The quantitative estimate of drug-likeness (QED) is 0.932. The van der Waals surface area contributed by atoms with Gasteiger partial charge < -0.3 is 9.73 Å². The zero-order valence-corrected chi connectivity index (χ0v) is 12.6. The van der Waals surface area contributed by atoms with Crippen LogP contribution in [0, 0.1) is 11.3 Å². The summed E-state index contributed by atoms with van der Waals surface area (Å²) in [6, 6.07) is 6.45. The molecule has 3 rings (SSSR count). The second-order valence-corrected chi connectivity index (χ2v) is 6.40. The van der Waals surface area contributed by atoms with Crippen molar-refractivity contribution < 1.29 is 4.42 Å². The smallest absolute Gasteiger partial charge is 0.408 e. The zero-order chi connectivity index (χ0) is 14.5. The average Bonchev–Trinajstić information content (AvgIpc) is 2.90. The number of aromatic nitrogens is 1. The maximum Gasteiger partial charge on any atom is 0.419 e. The van der Waals surface area contributed by atoms with E-state index in [0.717, 1.165) is 5.52 Å². The molecule has 0 spiro atoms. The van der Waals surface area contributed by atoms with Crippen molar-refractivity contribution in [2.75, 3.05) is 7.05 Å². The first-order valence-corrected chi connectivity index (χ1v) is 7.28. The van der Waals surface area contributed by atoms with Crippen LogP contribution in [-0.2, 0) is 6.54 Å². The number of aryl methyl sites for hydroxylation is 1.